The van der Waals surface area contributed by atoms with Gasteiger partial charge in [-0.15, -0.1) is 0 Å². The van der Waals surface area contributed by atoms with Crippen LogP contribution >= 0.6 is 47.8 Å². The van der Waals surface area contributed by atoms with E-state index in [0.29, 0.717) is 21.4 Å². The number of aryl methyl sites for hydroxylation is 1. The van der Waals surface area contributed by atoms with Crippen LogP contribution in [-0.4, -0.2) is 5.91 Å². The van der Waals surface area contributed by atoms with Gasteiger partial charge in [0.25, 0.3) is 5.91 Å². The summed E-state index contributed by atoms with van der Waals surface area (Å²) in [5.74, 6) is -0.222. The minimum atomic E-state index is -0.222. The highest BCUT2D eigenvalue weighted by molar-refractivity contribution is 9.11. The largest absolute Gasteiger partial charge is 0.397 e. The van der Waals surface area contributed by atoms with Gasteiger partial charge < -0.3 is 11.1 Å². The summed E-state index contributed by atoms with van der Waals surface area (Å²) in [4.78, 5) is 12.3. The molecule has 0 fully saturated rings. The fraction of sp³-hybridized carbons (Fsp3) is 0.0714. The van der Waals surface area contributed by atoms with E-state index in [0.717, 1.165) is 14.5 Å². The molecule has 0 saturated heterocycles. The van der Waals surface area contributed by atoms with Crippen molar-refractivity contribution in [3.8, 4) is 0 Å². The van der Waals surface area contributed by atoms with Crippen molar-refractivity contribution in [1.82, 2.24) is 0 Å². The lowest BCUT2D eigenvalue weighted by atomic mass is 10.1. The third kappa shape index (κ3) is 3.42. The summed E-state index contributed by atoms with van der Waals surface area (Å²) in [5.41, 5.74) is 8.62. The van der Waals surface area contributed by atoms with Gasteiger partial charge in [0.1, 0.15) is 0 Å². The van der Waals surface area contributed by atoms with E-state index in [1.807, 2.05) is 31.2 Å². The molecule has 104 valence electrons. The van der Waals surface area contributed by atoms with E-state index in [9.17, 15) is 4.79 Å². The summed E-state index contributed by atoms with van der Waals surface area (Å²) in [6.45, 7) is 1.94. The summed E-state index contributed by atoms with van der Waals surface area (Å²) in [6.07, 6.45) is 0. The molecule has 3 N–H and O–H groups in total. The van der Waals surface area contributed by atoms with Gasteiger partial charge in [0.2, 0.25) is 0 Å². The lowest BCUT2D eigenvalue weighted by Gasteiger charge is -2.12. The number of carbonyl (C=O) groups is 1. The van der Waals surface area contributed by atoms with Gasteiger partial charge in [0.05, 0.1) is 16.9 Å². The van der Waals surface area contributed by atoms with Crippen LogP contribution in [0.1, 0.15) is 15.9 Å². The molecule has 0 heterocycles. The lowest BCUT2D eigenvalue weighted by Crippen LogP contribution is -2.14. The number of halogens is 3. The standard InChI is InChI=1S/C14H11Br3N2O/c1-7-4-11(17)13(12(18)5-7)19-14(20)9-3-2-8(15)6-10(9)16/h2-6H,18H2,1H3,(H,19,20). The fourth-order valence-electron chi connectivity index (χ4n) is 1.76. The molecule has 20 heavy (non-hydrogen) atoms. The summed E-state index contributed by atoms with van der Waals surface area (Å²) >= 11 is 10.1. The highest BCUT2D eigenvalue weighted by Crippen LogP contribution is 2.31. The predicted molar refractivity (Wildman–Crippen MR) is 93.1 cm³/mol. The Balaban J connectivity index is 2.33. The topological polar surface area (TPSA) is 55.1 Å². The molecular weight excluding hydrogens is 452 g/mol. The molecule has 0 aliphatic heterocycles. The van der Waals surface area contributed by atoms with Crippen molar-refractivity contribution in [3.05, 3.63) is 54.9 Å². The Hall–Kier alpha value is -0.850. The zero-order valence-electron chi connectivity index (χ0n) is 10.5. The summed E-state index contributed by atoms with van der Waals surface area (Å²) in [5, 5.41) is 2.83. The van der Waals surface area contributed by atoms with Gasteiger partial charge in [-0.1, -0.05) is 15.9 Å². The van der Waals surface area contributed by atoms with Gasteiger partial charge in [-0.05, 0) is 74.7 Å². The number of hydrogen-bond acceptors (Lipinski definition) is 2. The van der Waals surface area contributed by atoms with E-state index in [4.69, 9.17) is 5.73 Å². The van der Waals surface area contributed by atoms with Crippen molar-refractivity contribution in [2.45, 2.75) is 6.92 Å². The van der Waals surface area contributed by atoms with Crippen LogP contribution in [0.5, 0.6) is 0 Å². The van der Waals surface area contributed by atoms with Crippen molar-refractivity contribution in [3.63, 3.8) is 0 Å². The van der Waals surface area contributed by atoms with Gasteiger partial charge in [-0.2, -0.15) is 0 Å². The van der Waals surface area contributed by atoms with Crippen LogP contribution in [0.15, 0.2) is 43.7 Å². The maximum Gasteiger partial charge on any atom is 0.256 e. The number of nitrogens with one attached hydrogen (secondary N) is 1. The average Bonchev–Trinajstić information content (AvgIpc) is 2.33. The minimum absolute atomic E-state index is 0.222. The average molecular weight is 463 g/mol. The maximum atomic E-state index is 12.3. The van der Waals surface area contributed by atoms with Crippen LogP contribution < -0.4 is 11.1 Å². The monoisotopic (exact) mass is 460 g/mol. The molecule has 0 aliphatic carbocycles. The first-order chi connectivity index (χ1) is 9.38. The number of nitrogen functional groups attached to an aromatic ring is 1. The molecule has 0 radical (unpaired) electrons. The van der Waals surface area contributed by atoms with Gasteiger partial charge in [-0.25, -0.2) is 0 Å². The second kappa shape index (κ2) is 6.28. The molecule has 2 aromatic carbocycles. The molecule has 0 spiro atoms. The van der Waals surface area contributed by atoms with Gasteiger partial charge in [0, 0.05) is 13.4 Å². The zero-order chi connectivity index (χ0) is 14.9. The molecule has 6 heteroatoms. The normalized spacial score (nSPS) is 10.4. The molecule has 2 rings (SSSR count). The van der Waals surface area contributed by atoms with Crippen LogP contribution in [0.25, 0.3) is 0 Å². The Labute approximate surface area is 142 Å². The third-order valence-electron chi connectivity index (χ3n) is 2.68. The SMILES string of the molecule is Cc1cc(N)c(NC(=O)c2ccc(Br)cc2Br)c(Br)c1. The van der Waals surface area contributed by atoms with E-state index in [1.165, 1.54) is 0 Å². The van der Waals surface area contributed by atoms with E-state index >= 15 is 0 Å². The van der Waals surface area contributed by atoms with E-state index in [2.05, 4.69) is 53.1 Å². The Morgan fingerprint density at radius 2 is 1.80 bits per heavy atom. The van der Waals surface area contributed by atoms with Crippen molar-refractivity contribution >= 4 is 65.1 Å². The molecule has 0 unspecified atom stereocenters. The lowest BCUT2D eigenvalue weighted by molar-refractivity contribution is 0.102. The third-order valence-corrected chi connectivity index (χ3v) is 4.45. The molecule has 0 bridgehead atoms. The second-order valence-corrected chi connectivity index (χ2v) is 6.91. The first-order valence-electron chi connectivity index (χ1n) is 5.70. The Kier molecular flexibility index (Phi) is 4.88. The minimum Gasteiger partial charge on any atom is -0.397 e. The van der Waals surface area contributed by atoms with Gasteiger partial charge in [-0.3, -0.25) is 4.79 Å². The molecule has 0 saturated carbocycles. The molecule has 3 nitrogen and oxygen atoms in total. The number of anilines is 2. The first kappa shape index (κ1) is 15.5. The van der Waals surface area contributed by atoms with Gasteiger partial charge in [0.15, 0.2) is 0 Å². The number of rotatable bonds is 2. The van der Waals surface area contributed by atoms with E-state index in [-0.39, 0.29) is 5.91 Å². The van der Waals surface area contributed by atoms with E-state index in [1.54, 1.807) is 6.07 Å². The quantitative estimate of drug-likeness (QED) is 0.609. The highest BCUT2D eigenvalue weighted by atomic mass is 79.9. The molecule has 1 amide bonds. The molecule has 0 atom stereocenters. The second-order valence-electron chi connectivity index (χ2n) is 4.29. The fourth-order valence-corrected chi connectivity index (χ4v) is 3.67. The van der Waals surface area contributed by atoms with Crippen molar-refractivity contribution in [2.24, 2.45) is 0 Å². The molecule has 2 aromatic rings. The molecule has 0 aliphatic rings. The number of carbonyl (C=O) groups excluding carboxylic acids is 1. The summed E-state index contributed by atoms with van der Waals surface area (Å²) < 4.78 is 2.37. The van der Waals surface area contributed by atoms with Crippen molar-refractivity contribution in [1.29, 1.82) is 0 Å². The van der Waals surface area contributed by atoms with Crippen LogP contribution in [-0.2, 0) is 0 Å². The van der Waals surface area contributed by atoms with Crippen molar-refractivity contribution in [2.75, 3.05) is 11.1 Å². The number of amides is 1. The Bertz CT molecular complexity index is 663. The smallest absolute Gasteiger partial charge is 0.256 e. The molecular formula is C14H11Br3N2O. The first-order valence-corrected chi connectivity index (χ1v) is 8.08. The zero-order valence-corrected chi connectivity index (χ0v) is 15.3. The Morgan fingerprint density at radius 1 is 1.10 bits per heavy atom. The van der Waals surface area contributed by atoms with Crippen LogP contribution in [0, 0.1) is 6.92 Å². The summed E-state index contributed by atoms with van der Waals surface area (Å²) in [7, 11) is 0. The Morgan fingerprint density at radius 3 is 2.40 bits per heavy atom. The van der Waals surface area contributed by atoms with E-state index < -0.39 is 0 Å². The van der Waals surface area contributed by atoms with Gasteiger partial charge >= 0.3 is 0 Å². The highest BCUT2D eigenvalue weighted by Gasteiger charge is 2.14. The number of hydrogen-bond donors (Lipinski definition) is 2. The van der Waals surface area contributed by atoms with Crippen LogP contribution in [0.3, 0.4) is 0 Å². The van der Waals surface area contributed by atoms with Crippen LogP contribution in [0.2, 0.25) is 0 Å². The molecule has 0 aromatic heterocycles. The number of nitrogens with two attached hydrogens (primary N) is 1. The maximum absolute atomic E-state index is 12.3. The van der Waals surface area contributed by atoms with Crippen LogP contribution in [0.4, 0.5) is 11.4 Å². The number of benzene rings is 2. The van der Waals surface area contributed by atoms with Crippen molar-refractivity contribution < 1.29 is 4.79 Å². The predicted octanol–water partition coefficient (Wildman–Crippen LogP) is 5.12. The summed E-state index contributed by atoms with van der Waals surface area (Å²) in [6, 6.07) is 9.09.